The zero-order chi connectivity index (χ0) is 15.3. The first-order chi connectivity index (χ1) is 10.3. The molecule has 0 bridgehead atoms. The third-order valence-electron chi connectivity index (χ3n) is 3.05. The van der Waals surface area contributed by atoms with Crippen LogP contribution < -0.4 is 10.1 Å². The molecule has 1 rings (SSSR count). The molecule has 5 nitrogen and oxygen atoms in total. The summed E-state index contributed by atoms with van der Waals surface area (Å²) < 4.78 is 10.2. The number of hydrogen-bond acceptors (Lipinski definition) is 5. The molecule has 118 valence electrons. The number of carbonyl (C=O) groups is 1. The molecule has 0 radical (unpaired) electrons. The number of aryl methyl sites for hydroxylation is 1. The molecule has 0 heterocycles. The summed E-state index contributed by atoms with van der Waals surface area (Å²) in [6.07, 6.45) is 2.79. The second kappa shape index (κ2) is 11.1. The summed E-state index contributed by atoms with van der Waals surface area (Å²) in [5.41, 5.74) is 1.10. The van der Waals surface area contributed by atoms with Crippen LogP contribution >= 0.6 is 0 Å². The number of methoxy groups -OCH3 is 1. The topological polar surface area (TPSA) is 67.8 Å². The Morgan fingerprint density at radius 1 is 1.19 bits per heavy atom. The van der Waals surface area contributed by atoms with Crippen molar-refractivity contribution < 1.29 is 19.4 Å². The predicted molar refractivity (Wildman–Crippen MR) is 81.5 cm³/mol. The summed E-state index contributed by atoms with van der Waals surface area (Å²) >= 11 is 0. The smallest absolute Gasteiger partial charge is 0.305 e. The van der Waals surface area contributed by atoms with E-state index in [4.69, 9.17) is 9.84 Å². The van der Waals surface area contributed by atoms with Crippen LogP contribution in [0.25, 0.3) is 0 Å². The Morgan fingerprint density at radius 2 is 1.90 bits per heavy atom. The average Bonchev–Trinajstić information content (AvgIpc) is 2.52. The lowest BCUT2D eigenvalue weighted by Crippen LogP contribution is -2.19. The highest BCUT2D eigenvalue weighted by Gasteiger charge is 2.01. The van der Waals surface area contributed by atoms with Crippen molar-refractivity contribution in [3.8, 4) is 5.75 Å². The molecule has 0 saturated carbocycles. The Morgan fingerprint density at radius 3 is 2.57 bits per heavy atom. The zero-order valence-electron chi connectivity index (χ0n) is 12.6. The van der Waals surface area contributed by atoms with E-state index in [2.05, 4.69) is 10.1 Å². The molecular weight excluding hydrogens is 270 g/mol. The summed E-state index contributed by atoms with van der Waals surface area (Å²) in [7, 11) is 1.40. The Hall–Kier alpha value is -1.59. The lowest BCUT2D eigenvalue weighted by atomic mass is 10.1. The number of nitrogens with one attached hydrogen (secondary N) is 1. The van der Waals surface area contributed by atoms with E-state index in [0.29, 0.717) is 19.4 Å². The number of aliphatic hydroxyl groups is 1. The van der Waals surface area contributed by atoms with Crippen LogP contribution in [0.4, 0.5) is 0 Å². The SMILES string of the molecule is COC(=O)CCc1ccc(OCCCNCCCO)cc1. The molecule has 0 fully saturated rings. The van der Waals surface area contributed by atoms with Gasteiger partial charge in [0.1, 0.15) is 5.75 Å². The number of benzene rings is 1. The van der Waals surface area contributed by atoms with Gasteiger partial charge in [-0.05, 0) is 50.0 Å². The van der Waals surface area contributed by atoms with E-state index in [1.165, 1.54) is 7.11 Å². The van der Waals surface area contributed by atoms with Crippen molar-refractivity contribution in [2.45, 2.75) is 25.7 Å². The Balaban J connectivity index is 2.14. The van der Waals surface area contributed by atoms with Gasteiger partial charge in [0.25, 0.3) is 0 Å². The van der Waals surface area contributed by atoms with Crippen LogP contribution in [0.2, 0.25) is 0 Å². The molecule has 0 unspecified atom stereocenters. The van der Waals surface area contributed by atoms with Crippen LogP contribution in [0.15, 0.2) is 24.3 Å². The fourth-order valence-corrected chi connectivity index (χ4v) is 1.82. The molecule has 2 N–H and O–H groups in total. The van der Waals surface area contributed by atoms with Crippen LogP contribution in [0.3, 0.4) is 0 Å². The minimum Gasteiger partial charge on any atom is -0.494 e. The van der Waals surface area contributed by atoms with Gasteiger partial charge in [-0.2, -0.15) is 0 Å². The van der Waals surface area contributed by atoms with E-state index in [0.717, 1.165) is 37.2 Å². The van der Waals surface area contributed by atoms with Crippen molar-refractivity contribution in [1.29, 1.82) is 0 Å². The Bertz CT molecular complexity index is 392. The normalized spacial score (nSPS) is 10.4. The molecule has 1 aromatic rings. The third-order valence-corrected chi connectivity index (χ3v) is 3.05. The quantitative estimate of drug-likeness (QED) is 0.479. The molecule has 0 aliphatic carbocycles. The number of rotatable bonds is 11. The van der Waals surface area contributed by atoms with Crippen LogP contribution in [-0.2, 0) is 16.0 Å². The van der Waals surface area contributed by atoms with E-state index in [-0.39, 0.29) is 12.6 Å². The molecule has 0 amide bonds. The highest BCUT2D eigenvalue weighted by Crippen LogP contribution is 2.13. The summed E-state index contributed by atoms with van der Waals surface area (Å²) in [4.78, 5) is 11.1. The third kappa shape index (κ3) is 8.32. The van der Waals surface area contributed by atoms with Gasteiger partial charge in [0.2, 0.25) is 0 Å². The molecule has 21 heavy (non-hydrogen) atoms. The predicted octanol–water partition coefficient (Wildman–Crippen LogP) is 1.53. The molecule has 0 aromatic heterocycles. The highest BCUT2D eigenvalue weighted by molar-refractivity contribution is 5.69. The van der Waals surface area contributed by atoms with E-state index in [1.807, 2.05) is 24.3 Å². The fourth-order valence-electron chi connectivity index (χ4n) is 1.82. The Kier molecular flexibility index (Phi) is 9.24. The van der Waals surface area contributed by atoms with Crippen LogP contribution in [-0.4, -0.2) is 44.5 Å². The number of carbonyl (C=O) groups excluding carboxylic acids is 1. The van der Waals surface area contributed by atoms with Crippen molar-refractivity contribution in [2.24, 2.45) is 0 Å². The van der Waals surface area contributed by atoms with Crippen LogP contribution in [0, 0.1) is 0 Å². The summed E-state index contributed by atoms with van der Waals surface area (Å²) in [6.45, 7) is 2.61. The minimum absolute atomic E-state index is 0.191. The van der Waals surface area contributed by atoms with Crippen molar-refractivity contribution >= 4 is 5.97 Å². The maximum absolute atomic E-state index is 11.1. The van der Waals surface area contributed by atoms with Gasteiger partial charge >= 0.3 is 5.97 Å². The Labute approximate surface area is 126 Å². The number of hydrogen-bond donors (Lipinski definition) is 2. The number of ether oxygens (including phenoxy) is 2. The van der Waals surface area contributed by atoms with E-state index >= 15 is 0 Å². The molecule has 0 aliphatic heterocycles. The second-order valence-corrected chi connectivity index (χ2v) is 4.75. The van der Waals surface area contributed by atoms with Crippen LogP contribution in [0.5, 0.6) is 5.75 Å². The lowest BCUT2D eigenvalue weighted by molar-refractivity contribution is -0.140. The maximum atomic E-state index is 11.1. The van der Waals surface area contributed by atoms with Gasteiger partial charge in [-0.1, -0.05) is 12.1 Å². The summed E-state index contributed by atoms with van der Waals surface area (Å²) in [5.74, 6) is 0.649. The van der Waals surface area contributed by atoms with Gasteiger partial charge in [-0.3, -0.25) is 4.79 Å². The van der Waals surface area contributed by atoms with E-state index < -0.39 is 0 Å². The minimum atomic E-state index is -0.191. The lowest BCUT2D eigenvalue weighted by Gasteiger charge is -2.08. The van der Waals surface area contributed by atoms with Gasteiger partial charge in [-0.25, -0.2) is 0 Å². The molecule has 5 heteroatoms. The molecule has 0 saturated heterocycles. The average molecular weight is 295 g/mol. The van der Waals surface area contributed by atoms with Gasteiger partial charge in [0.05, 0.1) is 13.7 Å². The fraction of sp³-hybridized carbons (Fsp3) is 0.562. The zero-order valence-corrected chi connectivity index (χ0v) is 12.6. The van der Waals surface area contributed by atoms with E-state index in [1.54, 1.807) is 0 Å². The van der Waals surface area contributed by atoms with Crippen molar-refractivity contribution in [3.05, 3.63) is 29.8 Å². The molecule has 0 spiro atoms. The maximum Gasteiger partial charge on any atom is 0.305 e. The number of aliphatic hydroxyl groups excluding tert-OH is 1. The highest BCUT2D eigenvalue weighted by atomic mass is 16.5. The first kappa shape index (κ1) is 17.5. The monoisotopic (exact) mass is 295 g/mol. The van der Waals surface area contributed by atoms with Crippen molar-refractivity contribution in [2.75, 3.05) is 33.4 Å². The first-order valence-electron chi connectivity index (χ1n) is 7.36. The second-order valence-electron chi connectivity index (χ2n) is 4.75. The summed E-state index contributed by atoms with van der Waals surface area (Å²) in [5, 5.41) is 11.9. The molecule has 0 aliphatic rings. The van der Waals surface area contributed by atoms with Gasteiger partial charge in [-0.15, -0.1) is 0 Å². The number of esters is 1. The molecule has 0 atom stereocenters. The standard InChI is InChI=1S/C16H25NO4/c1-20-16(19)9-6-14-4-7-15(8-5-14)21-13-3-11-17-10-2-12-18/h4-5,7-8,17-18H,2-3,6,9-13H2,1H3. The molecular formula is C16H25NO4. The van der Waals surface area contributed by atoms with Crippen LogP contribution in [0.1, 0.15) is 24.8 Å². The van der Waals surface area contributed by atoms with Gasteiger partial charge < -0.3 is 19.9 Å². The van der Waals surface area contributed by atoms with Gasteiger partial charge in [0, 0.05) is 13.0 Å². The largest absolute Gasteiger partial charge is 0.494 e. The van der Waals surface area contributed by atoms with Crippen molar-refractivity contribution in [3.63, 3.8) is 0 Å². The van der Waals surface area contributed by atoms with Gasteiger partial charge in [0.15, 0.2) is 0 Å². The molecule has 1 aromatic carbocycles. The summed E-state index contributed by atoms with van der Waals surface area (Å²) in [6, 6.07) is 7.78. The van der Waals surface area contributed by atoms with E-state index in [9.17, 15) is 4.79 Å². The first-order valence-corrected chi connectivity index (χ1v) is 7.36. The van der Waals surface area contributed by atoms with Crippen molar-refractivity contribution in [1.82, 2.24) is 5.32 Å².